The van der Waals surface area contributed by atoms with Gasteiger partial charge in [-0.1, -0.05) is 36.4 Å². The number of ether oxygens (including phenoxy) is 3. The Kier molecular flexibility index (Phi) is 6.39. The predicted molar refractivity (Wildman–Crippen MR) is 111 cm³/mol. The normalized spacial score (nSPS) is 17.6. The van der Waals surface area contributed by atoms with Crippen LogP contribution in [0.3, 0.4) is 0 Å². The Morgan fingerprint density at radius 3 is 2.45 bits per heavy atom. The number of hydrogen-bond acceptors (Lipinski definition) is 6. The molecule has 0 unspecified atom stereocenters. The van der Waals surface area contributed by atoms with Gasteiger partial charge < -0.3 is 30.0 Å². The maximum atomic E-state index is 12.4. The largest absolute Gasteiger partial charge is 0.454 e. The molecule has 2 aliphatic rings. The third-order valence-electron chi connectivity index (χ3n) is 5.79. The molecule has 0 aromatic heterocycles. The summed E-state index contributed by atoms with van der Waals surface area (Å²) in [6, 6.07) is 14.6. The molecule has 2 aromatic carbocycles. The molecule has 8 nitrogen and oxygen atoms in total. The van der Waals surface area contributed by atoms with Gasteiger partial charge in [-0.3, -0.25) is 9.59 Å². The molecule has 0 saturated carbocycles. The molecule has 2 aliphatic heterocycles. The van der Waals surface area contributed by atoms with Crippen LogP contribution >= 0.6 is 0 Å². The second-order valence-corrected chi connectivity index (χ2v) is 7.73. The van der Waals surface area contributed by atoms with Crippen LogP contribution in [0.2, 0.25) is 0 Å². The Labute approximate surface area is 180 Å². The van der Waals surface area contributed by atoms with Gasteiger partial charge in [-0.2, -0.15) is 0 Å². The Hall–Kier alpha value is -3.10. The van der Waals surface area contributed by atoms with Gasteiger partial charge in [-0.15, -0.1) is 0 Å². The summed E-state index contributed by atoms with van der Waals surface area (Å²) in [4.78, 5) is 24.7. The molecule has 0 bridgehead atoms. The molecule has 0 radical (unpaired) electrons. The van der Waals surface area contributed by atoms with Crippen LogP contribution in [0.15, 0.2) is 48.5 Å². The van der Waals surface area contributed by atoms with Crippen molar-refractivity contribution < 1.29 is 28.9 Å². The number of carbonyl (C=O) groups is 2. The topological polar surface area (TPSA) is 106 Å². The number of benzene rings is 2. The lowest BCUT2D eigenvalue weighted by Crippen LogP contribution is -2.50. The van der Waals surface area contributed by atoms with Gasteiger partial charge in [0.2, 0.25) is 6.79 Å². The molecule has 1 fully saturated rings. The summed E-state index contributed by atoms with van der Waals surface area (Å²) in [7, 11) is 0. The van der Waals surface area contributed by atoms with Crippen molar-refractivity contribution in [1.29, 1.82) is 0 Å². The molecule has 0 aliphatic carbocycles. The van der Waals surface area contributed by atoms with Gasteiger partial charge in [0.15, 0.2) is 11.5 Å². The molecule has 1 atom stereocenters. The predicted octanol–water partition coefficient (Wildman–Crippen LogP) is 1.46. The minimum absolute atomic E-state index is 0.0576. The minimum atomic E-state index is -1.28. The zero-order chi connectivity index (χ0) is 21.7. The molecule has 8 heteroatoms. The average Bonchev–Trinajstić information content (AvgIpc) is 3.30. The molecule has 2 heterocycles. The lowest BCUT2D eigenvalue weighted by atomic mass is 9.77. The first-order valence-electron chi connectivity index (χ1n) is 10.4. The number of aliphatic hydroxyl groups is 1. The van der Waals surface area contributed by atoms with E-state index >= 15 is 0 Å². The number of hydrogen-bond donors (Lipinski definition) is 3. The summed E-state index contributed by atoms with van der Waals surface area (Å²) in [5.74, 6) is -0.371. The van der Waals surface area contributed by atoms with Crippen LogP contribution in [-0.2, 0) is 26.5 Å². The monoisotopic (exact) mass is 426 g/mol. The summed E-state index contributed by atoms with van der Waals surface area (Å²) in [6.07, 6.45) is 1.36. The van der Waals surface area contributed by atoms with E-state index in [2.05, 4.69) is 10.6 Å². The number of rotatable bonds is 6. The fourth-order valence-corrected chi connectivity index (χ4v) is 3.99. The highest BCUT2D eigenvalue weighted by Gasteiger charge is 2.39. The first-order valence-corrected chi connectivity index (χ1v) is 10.4. The van der Waals surface area contributed by atoms with Crippen LogP contribution in [0.4, 0.5) is 0 Å². The standard InChI is InChI=1S/C23H26N2O6/c26-21(24-13-16-6-7-19-20(12-16)31-15-30-19)22(27)25-14-23(28,17-4-2-1-3-5-17)18-8-10-29-11-9-18/h1-7,12,18,28H,8-11,13-15H2,(H,24,26)(H,25,27)/t23-/m1/s1. The van der Waals surface area contributed by atoms with Gasteiger partial charge in [0.1, 0.15) is 5.60 Å². The molecule has 1 saturated heterocycles. The van der Waals surface area contributed by atoms with E-state index in [9.17, 15) is 14.7 Å². The molecule has 4 rings (SSSR count). The second-order valence-electron chi connectivity index (χ2n) is 7.73. The van der Waals surface area contributed by atoms with Gasteiger partial charge in [-0.05, 0) is 42.0 Å². The van der Waals surface area contributed by atoms with E-state index in [1.807, 2.05) is 30.3 Å². The third-order valence-corrected chi connectivity index (χ3v) is 5.79. The minimum Gasteiger partial charge on any atom is -0.454 e. The SMILES string of the molecule is O=C(NCc1ccc2c(c1)OCO2)C(=O)NC[C@@](O)(c1ccccc1)C1CCOCC1. The van der Waals surface area contributed by atoms with E-state index < -0.39 is 17.4 Å². The van der Waals surface area contributed by atoms with Crippen molar-refractivity contribution in [2.24, 2.45) is 5.92 Å². The van der Waals surface area contributed by atoms with Crippen molar-refractivity contribution in [3.05, 3.63) is 59.7 Å². The molecule has 164 valence electrons. The first kappa shape index (κ1) is 21.1. The molecular formula is C23H26N2O6. The third kappa shape index (κ3) is 4.81. The molecule has 3 N–H and O–H groups in total. The van der Waals surface area contributed by atoms with Crippen LogP contribution in [0.25, 0.3) is 0 Å². The lowest BCUT2D eigenvalue weighted by molar-refractivity contribution is -0.140. The maximum absolute atomic E-state index is 12.4. The van der Waals surface area contributed by atoms with E-state index in [0.717, 1.165) is 5.56 Å². The van der Waals surface area contributed by atoms with Gasteiger partial charge >= 0.3 is 11.8 Å². The lowest BCUT2D eigenvalue weighted by Gasteiger charge is -2.39. The molecule has 0 spiro atoms. The zero-order valence-corrected chi connectivity index (χ0v) is 17.1. The summed E-state index contributed by atoms with van der Waals surface area (Å²) < 4.78 is 16.0. The summed E-state index contributed by atoms with van der Waals surface area (Å²) >= 11 is 0. The summed E-state index contributed by atoms with van der Waals surface area (Å²) in [5, 5.41) is 16.7. The first-order chi connectivity index (χ1) is 15.1. The highest BCUT2D eigenvalue weighted by atomic mass is 16.7. The van der Waals surface area contributed by atoms with Gasteiger partial charge in [0, 0.05) is 19.8 Å². The van der Waals surface area contributed by atoms with Crippen molar-refractivity contribution in [1.82, 2.24) is 10.6 Å². The fourth-order valence-electron chi connectivity index (χ4n) is 3.99. The Morgan fingerprint density at radius 2 is 1.68 bits per heavy atom. The smallest absolute Gasteiger partial charge is 0.309 e. The van der Waals surface area contributed by atoms with Crippen molar-refractivity contribution >= 4 is 11.8 Å². The average molecular weight is 426 g/mol. The van der Waals surface area contributed by atoms with E-state index in [1.165, 1.54) is 0 Å². The van der Waals surface area contributed by atoms with Crippen molar-refractivity contribution in [2.75, 3.05) is 26.6 Å². The van der Waals surface area contributed by atoms with Crippen LogP contribution < -0.4 is 20.1 Å². The van der Waals surface area contributed by atoms with Crippen molar-refractivity contribution in [3.8, 4) is 11.5 Å². The van der Waals surface area contributed by atoms with Crippen molar-refractivity contribution in [2.45, 2.75) is 25.0 Å². The summed E-state index contributed by atoms with van der Waals surface area (Å²) in [6.45, 7) is 1.41. The number of nitrogens with one attached hydrogen (secondary N) is 2. The number of amides is 2. The quantitative estimate of drug-likeness (QED) is 0.604. The van der Waals surface area contributed by atoms with Crippen LogP contribution in [0, 0.1) is 5.92 Å². The molecule has 31 heavy (non-hydrogen) atoms. The van der Waals surface area contributed by atoms with Gasteiger partial charge in [0.05, 0.1) is 6.54 Å². The zero-order valence-electron chi connectivity index (χ0n) is 17.1. The Morgan fingerprint density at radius 1 is 0.968 bits per heavy atom. The van der Waals surface area contributed by atoms with E-state index in [0.29, 0.717) is 43.1 Å². The van der Waals surface area contributed by atoms with Gasteiger partial charge in [-0.25, -0.2) is 0 Å². The second kappa shape index (κ2) is 9.36. The van der Waals surface area contributed by atoms with Crippen LogP contribution in [0.1, 0.15) is 24.0 Å². The van der Waals surface area contributed by atoms with Crippen LogP contribution in [0.5, 0.6) is 11.5 Å². The Bertz CT molecular complexity index is 929. The molecule has 2 aromatic rings. The highest BCUT2D eigenvalue weighted by molar-refractivity contribution is 6.35. The van der Waals surface area contributed by atoms with Crippen LogP contribution in [-0.4, -0.2) is 43.5 Å². The maximum Gasteiger partial charge on any atom is 0.309 e. The number of carbonyl (C=O) groups excluding carboxylic acids is 2. The highest BCUT2D eigenvalue weighted by Crippen LogP contribution is 2.36. The van der Waals surface area contributed by atoms with Crippen molar-refractivity contribution in [3.63, 3.8) is 0 Å². The molecular weight excluding hydrogens is 400 g/mol. The van der Waals surface area contributed by atoms with E-state index in [-0.39, 0.29) is 25.8 Å². The Balaban J connectivity index is 1.36. The fraction of sp³-hybridized carbons (Fsp3) is 0.391. The summed E-state index contributed by atoms with van der Waals surface area (Å²) in [5.41, 5.74) is 0.217. The van der Waals surface area contributed by atoms with E-state index in [1.54, 1.807) is 18.2 Å². The van der Waals surface area contributed by atoms with E-state index in [4.69, 9.17) is 14.2 Å². The molecule has 2 amide bonds. The number of fused-ring (bicyclic) bond motifs is 1. The van der Waals surface area contributed by atoms with Gasteiger partial charge in [0.25, 0.3) is 0 Å².